The van der Waals surface area contributed by atoms with E-state index in [0.29, 0.717) is 62.5 Å². The molecule has 15 nitrogen and oxygen atoms in total. The maximum absolute atomic E-state index is 15.0. The van der Waals surface area contributed by atoms with Crippen LogP contribution in [0.15, 0.2) is 49.1 Å². The number of benzene rings is 1. The number of nitrogens with zero attached hydrogens (tertiary/aromatic N) is 2. The second kappa shape index (κ2) is 18.2. The van der Waals surface area contributed by atoms with Gasteiger partial charge in [-0.3, -0.25) is 19.1 Å². The monoisotopic (exact) mass is 877 g/mol. The van der Waals surface area contributed by atoms with E-state index in [1.165, 1.54) is 4.90 Å². The quantitative estimate of drug-likeness (QED) is 0.187. The van der Waals surface area contributed by atoms with Crippen molar-refractivity contribution in [3.63, 3.8) is 0 Å². The fourth-order valence-electron chi connectivity index (χ4n) is 9.27. The first-order chi connectivity index (χ1) is 29.5. The fourth-order valence-corrected chi connectivity index (χ4v) is 10.6. The first-order valence-corrected chi connectivity index (χ1v) is 23.6. The summed E-state index contributed by atoms with van der Waals surface area (Å²) in [4.78, 5) is 63.8. The number of amides is 4. The van der Waals surface area contributed by atoms with Gasteiger partial charge in [-0.05, 0) is 94.6 Å². The van der Waals surface area contributed by atoms with Gasteiger partial charge in [0.15, 0.2) is 0 Å². The Labute approximate surface area is 365 Å². The smallest absolute Gasteiger partial charge is 0.408 e. The number of carbonyl (C=O) groups is 4. The maximum Gasteiger partial charge on any atom is 0.408 e. The first-order valence-electron chi connectivity index (χ1n) is 22.1. The second-order valence-corrected chi connectivity index (χ2v) is 21.2. The molecule has 2 bridgehead atoms. The van der Waals surface area contributed by atoms with Crippen LogP contribution in [0.1, 0.15) is 104 Å². The number of aromatic nitrogens is 1. The predicted octanol–water partition coefficient (Wildman–Crippen LogP) is 5.65. The average molecular weight is 878 g/mol. The lowest BCUT2D eigenvalue weighted by atomic mass is 9.66. The summed E-state index contributed by atoms with van der Waals surface area (Å²) in [5, 5.41) is 6.60. The van der Waals surface area contributed by atoms with Gasteiger partial charge < -0.3 is 34.5 Å². The number of methoxy groups -OCH3 is 1. The van der Waals surface area contributed by atoms with Crippen LogP contribution in [-0.2, 0) is 40.3 Å². The minimum absolute atomic E-state index is 0.00325. The summed E-state index contributed by atoms with van der Waals surface area (Å²) >= 11 is 0. The molecule has 1 aromatic carbocycles. The number of fused-ring (bicyclic) bond motifs is 5. The number of carbonyl (C=O) groups excluding carboxylic acids is 4. The van der Waals surface area contributed by atoms with E-state index in [4.69, 9.17) is 23.9 Å². The van der Waals surface area contributed by atoms with E-state index in [2.05, 4.69) is 34.1 Å². The van der Waals surface area contributed by atoms with Gasteiger partial charge in [0.2, 0.25) is 27.7 Å². The molecule has 1 saturated heterocycles. The van der Waals surface area contributed by atoms with Crippen molar-refractivity contribution in [2.75, 3.05) is 26.9 Å². The van der Waals surface area contributed by atoms with Gasteiger partial charge in [-0.25, -0.2) is 18.2 Å². The number of sulfonamides is 1. The molecule has 4 amide bonds. The third kappa shape index (κ3) is 9.32. The minimum Gasteiger partial charge on any atom is -0.492 e. The summed E-state index contributed by atoms with van der Waals surface area (Å²) in [6.45, 7) is 11.8. The van der Waals surface area contributed by atoms with Crippen molar-refractivity contribution in [1.82, 2.24) is 25.2 Å². The molecule has 3 heterocycles. The van der Waals surface area contributed by atoms with Gasteiger partial charge in [-0.15, -0.1) is 6.58 Å². The molecule has 16 heteroatoms. The number of pyridine rings is 1. The number of hydrogen-bond acceptors (Lipinski definition) is 11. The normalized spacial score (nSPS) is 28.8. The Morgan fingerprint density at radius 3 is 2.53 bits per heavy atom. The Hall–Kier alpha value is -4.70. The van der Waals surface area contributed by atoms with Crippen LogP contribution in [0.4, 0.5) is 4.79 Å². The molecule has 7 unspecified atom stereocenters. The molecule has 0 spiro atoms. The zero-order valence-corrected chi connectivity index (χ0v) is 37.5. The Kier molecular flexibility index (Phi) is 13.3. The molecule has 3 aliphatic carbocycles. The molecule has 3 N–H and O–H groups in total. The highest BCUT2D eigenvalue weighted by Gasteiger charge is 2.58. The molecule has 3 saturated carbocycles. The van der Waals surface area contributed by atoms with E-state index in [1.807, 2.05) is 45.0 Å². The van der Waals surface area contributed by atoms with Crippen LogP contribution in [0.25, 0.3) is 10.9 Å². The van der Waals surface area contributed by atoms with Crippen LogP contribution in [0.2, 0.25) is 0 Å². The SMILES string of the molecule is C=CC1CCC1(NC(=O)C1CC2CN1C(=O)C(C(C)(C)C)NC(=O)OC1CCCC1CCC=CCc1c(nc3ccccc3c1OCCCOC)O2)C(=O)NS(=O)(=O)C1(C)CC1. The number of hydrogen-bond donors (Lipinski definition) is 3. The summed E-state index contributed by atoms with van der Waals surface area (Å²) < 4.78 is 52.4. The second-order valence-electron chi connectivity index (χ2n) is 19.0. The van der Waals surface area contributed by atoms with Crippen LogP contribution in [0.5, 0.6) is 11.6 Å². The zero-order chi connectivity index (χ0) is 44.5. The molecule has 0 radical (unpaired) electrons. The third-order valence-corrected chi connectivity index (χ3v) is 15.7. The van der Waals surface area contributed by atoms with Crippen molar-refractivity contribution in [2.45, 2.75) is 139 Å². The molecular weight excluding hydrogens is 815 g/mol. The Bertz CT molecular complexity index is 2180. The number of rotatable bonds is 11. The Morgan fingerprint density at radius 1 is 1.06 bits per heavy atom. The van der Waals surface area contributed by atoms with Gasteiger partial charge >= 0.3 is 6.09 Å². The van der Waals surface area contributed by atoms with Gasteiger partial charge in [-0.1, -0.05) is 51.1 Å². The van der Waals surface area contributed by atoms with Crippen molar-refractivity contribution < 1.29 is 46.5 Å². The van der Waals surface area contributed by atoms with Crippen LogP contribution in [0.3, 0.4) is 0 Å². The van der Waals surface area contributed by atoms with E-state index in [9.17, 15) is 27.6 Å². The highest BCUT2D eigenvalue weighted by molar-refractivity contribution is 7.91. The number of alkyl carbamates (subject to hydrolysis) is 1. The first kappa shape index (κ1) is 45.3. The van der Waals surface area contributed by atoms with Crippen molar-refractivity contribution in [3.05, 3.63) is 54.6 Å². The highest BCUT2D eigenvalue weighted by Crippen LogP contribution is 2.45. The molecule has 2 aliphatic heterocycles. The number of para-hydroxylation sites is 1. The molecule has 7 atom stereocenters. The van der Waals surface area contributed by atoms with Gasteiger partial charge in [0.05, 0.1) is 29.0 Å². The van der Waals surface area contributed by atoms with Crippen molar-refractivity contribution in [1.29, 1.82) is 0 Å². The lowest BCUT2D eigenvalue weighted by Crippen LogP contribution is -2.70. The summed E-state index contributed by atoms with van der Waals surface area (Å²) in [5.41, 5.74) is -1.08. The van der Waals surface area contributed by atoms with Crippen molar-refractivity contribution in [2.24, 2.45) is 17.3 Å². The molecule has 1 aromatic heterocycles. The number of nitrogens with one attached hydrogen (secondary N) is 3. The van der Waals surface area contributed by atoms with Crippen LogP contribution in [-0.4, -0.2) is 104 Å². The topological polar surface area (TPSA) is 192 Å². The van der Waals surface area contributed by atoms with Gasteiger partial charge in [0.25, 0.3) is 5.91 Å². The van der Waals surface area contributed by atoms with Crippen LogP contribution in [0, 0.1) is 17.3 Å². The van der Waals surface area contributed by atoms with E-state index in [-0.39, 0.29) is 31.4 Å². The van der Waals surface area contributed by atoms with E-state index < -0.39 is 73.6 Å². The largest absolute Gasteiger partial charge is 0.492 e. The average Bonchev–Trinajstić information content (AvgIpc) is 3.61. The van der Waals surface area contributed by atoms with Crippen molar-refractivity contribution in [3.8, 4) is 11.6 Å². The fraction of sp³-hybridized carbons (Fsp3) is 0.630. The third-order valence-electron chi connectivity index (χ3n) is 13.5. The van der Waals surface area contributed by atoms with Crippen LogP contribution < -0.4 is 24.8 Å². The molecule has 5 aliphatic rings. The maximum atomic E-state index is 15.0. The van der Waals surface area contributed by atoms with E-state index in [0.717, 1.165) is 43.1 Å². The zero-order valence-electron chi connectivity index (χ0n) is 36.7. The van der Waals surface area contributed by atoms with Crippen LogP contribution >= 0.6 is 0 Å². The number of ether oxygens (including phenoxy) is 4. The van der Waals surface area contributed by atoms with E-state index >= 15 is 0 Å². The summed E-state index contributed by atoms with van der Waals surface area (Å²) in [6.07, 6.45) is 10.7. The molecule has 7 rings (SSSR count). The lowest BCUT2D eigenvalue weighted by Gasteiger charge is -2.47. The number of allylic oxidation sites excluding steroid dienone is 2. The lowest BCUT2D eigenvalue weighted by molar-refractivity contribution is -0.145. The Balaban J connectivity index is 1.27. The van der Waals surface area contributed by atoms with E-state index in [1.54, 1.807) is 20.1 Å². The van der Waals surface area contributed by atoms with Crippen molar-refractivity contribution >= 4 is 44.7 Å². The molecule has 4 fully saturated rings. The molecule has 338 valence electrons. The summed E-state index contributed by atoms with van der Waals surface area (Å²) in [6, 6.07) is 5.35. The predicted molar refractivity (Wildman–Crippen MR) is 233 cm³/mol. The summed E-state index contributed by atoms with van der Waals surface area (Å²) in [7, 11) is -2.39. The Morgan fingerprint density at radius 2 is 1.84 bits per heavy atom. The van der Waals surface area contributed by atoms with Gasteiger partial charge in [-0.2, -0.15) is 0 Å². The molecular formula is C46H63N5O10S. The standard InChI is InChI=1S/C46H63N5O10S/c1-7-30-21-22-46(30,42(54)50-62(56,57)45(5)23-24-45)49-39(52)35-27-31-28-51(35)41(53)38(44(2,3)4)48-43(55)61-36-20-13-16-29(36)15-9-8-10-18-33-37(59-26-14-25-58-6)32-17-11-12-19-34(32)47-40(33)60-31/h7-8,10-12,17,19,29-31,35-36,38H,1,9,13-16,18,20-28H2,2-6H3,(H,48,55)(H,49,52)(H,50,54). The van der Waals surface area contributed by atoms with Gasteiger partial charge in [0, 0.05) is 37.9 Å². The molecule has 2 aromatic rings. The molecule has 62 heavy (non-hydrogen) atoms. The minimum atomic E-state index is -4.04. The summed E-state index contributed by atoms with van der Waals surface area (Å²) in [5.74, 6) is -1.50. The van der Waals surface area contributed by atoms with Gasteiger partial charge in [0.1, 0.15) is 35.6 Å². The highest BCUT2D eigenvalue weighted by atomic mass is 32.2.